The van der Waals surface area contributed by atoms with Crippen LogP contribution in [0.25, 0.3) is 0 Å². The van der Waals surface area contributed by atoms with Crippen LogP contribution in [-0.2, 0) is 6.18 Å². The van der Waals surface area contributed by atoms with E-state index in [1.807, 2.05) is 0 Å². The van der Waals surface area contributed by atoms with Crippen molar-refractivity contribution in [3.05, 3.63) is 47.5 Å². The third kappa shape index (κ3) is 3.90. The molecular formula is C13H11F4N5. The second-order valence-electron chi connectivity index (χ2n) is 4.32. The first kappa shape index (κ1) is 15.7. The van der Waals surface area contributed by atoms with Gasteiger partial charge >= 0.3 is 6.18 Å². The quantitative estimate of drug-likeness (QED) is 0.344. The summed E-state index contributed by atoms with van der Waals surface area (Å²) >= 11 is 0. The molecule has 2 aromatic rings. The van der Waals surface area contributed by atoms with Crippen LogP contribution in [0.2, 0.25) is 0 Å². The van der Waals surface area contributed by atoms with Crippen LogP contribution in [0.1, 0.15) is 11.3 Å². The first-order valence-corrected chi connectivity index (χ1v) is 6.06. The molecule has 0 fully saturated rings. The fourth-order valence-electron chi connectivity index (χ4n) is 1.70. The van der Waals surface area contributed by atoms with Gasteiger partial charge in [-0.1, -0.05) is 12.1 Å². The Hall–Kier alpha value is -2.71. The number of aromatic nitrogens is 2. The molecule has 2 rings (SSSR count). The monoisotopic (exact) mass is 313 g/mol. The molecule has 9 heteroatoms. The highest BCUT2D eigenvalue weighted by molar-refractivity contribution is 6.00. The second kappa shape index (κ2) is 5.96. The molecule has 1 heterocycles. The molecular weight excluding hydrogens is 302 g/mol. The Morgan fingerprint density at radius 2 is 1.82 bits per heavy atom. The summed E-state index contributed by atoms with van der Waals surface area (Å²) in [5.74, 6) is -1.54. The van der Waals surface area contributed by atoms with Gasteiger partial charge in [0.05, 0.1) is 11.3 Å². The minimum Gasteiger partial charge on any atom is -0.326 e. The maximum absolute atomic E-state index is 13.1. The molecule has 1 aromatic carbocycles. The smallest absolute Gasteiger partial charge is 0.326 e. The van der Waals surface area contributed by atoms with Crippen molar-refractivity contribution in [1.29, 1.82) is 5.41 Å². The van der Waals surface area contributed by atoms with Crippen LogP contribution >= 0.6 is 0 Å². The number of nitrogens with zero attached hydrogens (tertiary/aromatic N) is 2. The summed E-state index contributed by atoms with van der Waals surface area (Å²) in [4.78, 5) is 7.22. The van der Waals surface area contributed by atoms with E-state index in [1.54, 1.807) is 0 Å². The molecule has 0 unspecified atom stereocenters. The summed E-state index contributed by atoms with van der Waals surface area (Å²) < 4.78 is 51.6. The number of aryl methyl sites for hydroxylation is 1. The largest absolute Gasteiger partial charge is 0.418 e. The maximum Gasteiger partial charge on any atom is 0.418 e. The molecule has 0 saturated heterocycles. The molecule has 1 aromatic heterocycles. The van der Waals surface area contributed by atoms with E-state index in [0.717, 1.165) is 12.1 Å². The molecule has 0 bridgehead atoms. The number of hydrogen-bond acceptors (Lipinski definition) is 3. The Kier molecular flexibility index (Phi) is 4.25. The zero-order valence-corrected chi connectivity index (χ0v) is 11.3. The van der Waals surface area contributed by atoms with E-state index in [0.29, 0.717) is 5.69 Å². The van der Waals surface area contributed by atoms with Crippen molar-refractivity contribution in [3.63, 3.8) is 0 Å². The number of halogens is 4. The Balaban J connectivity index is 2.16. The lowest BCUT2D eigenvalue weighted by atomic mass is 10.1. The van der Waals surface area contributed by atoms with Gasteiger partial charge in [0.1, 0.15) is 0 Å². The Bertz CT molecular complexity index is 679. The summed E-state index contributed by atoms with van der Waals surface area (Å²) in [6.45, 7) is 1.52. The Morgan fingerprint density at radius 1 is 1.14 bits per heavy atom. The van der Waals surface area contributed by atoms with Gasteiger partial charge in [-0.2, -0.15) is 22.5 Å². The van der Waals surface area contributed by atoms with Gasteiger partial charge in [-0.25, -0.2) is 4.98 Å². The van der Waals surface area contributed by atoms with Crippen LogP contribution in [0.4, 0.5) is 29.2 Å². The van der Waals surface area contributed by atoms with Crippen LogP contribution in [0.3, 0.4) is 0 Å². The number of anilines is 2. The van der Waals surface area contributed by atoms with Crippen LogP contribution < -0.4 is 10.6 Å². The average Bonchev–Trinajstić information content (AvgIpc) is 2.36. The molecule has 3 N–H and O–H groups in total. The fraction of sp³-hybridized carbons (Fsp3) is 0.154. The van der Waals surface area contributed by atoms with E-state index in [4.69, 9.17) is 5.41 Å². The Morgan fingerprint density at radius 3 is 2.45 bits per heavy atom. The van der Waals surface area contributed by atoms with Gasteiger partial charge in [-0.05, 0) is 19.1 Å². The molecule has 0 spiro atoms. The number of guanidine groups is 1. The zero-order valence-electron chi connectivity index (χ0n) is 11.3. The molecule has 22 heavy (non-hydrogen) atoms. The third-order valence-electron chi connectivity index (χ3n) is 2.55. The minimum atomic E-state index is -4.56. The van der Waals surface area contributed by atoms with Crippen molar-refractivity contribution in [2.45, 2.75) is 13.1 Å². The number of alkyl halides is 3. The summed E-state index contributed by atoms with van der Waals surface area (Å²) in [6.07, 6.45) is -4.56. The predicted octanol–water partition coefficient (Wildman–Crippen LogP) is 3.40. The predicted molar refractivity (Wildman–Crippen MR) is 73.1 cm³/mol. The van der Waals surface area contributed by atoms with Gasteiger partial charge in [-0.15, -0.1) is 0 Å². The third-order valence-corrected chi connectivity index (χ3v) is 2.55. The summed E-state index contributed by atoms with van der Waals surface area (Å²) in [5, 5.41) is 12.2. The van der Waals surface area contributed by atoms with Gasteiger partial charge in [0.2, 0.25) is 11.9 Å². The number of rotatable bonds is 2. The van der Waals surface area contributed by atoms with Crippen molar-refractivity contribution >= 4 is 17.6 Å². The van der Waals surface area contributed by atoms with E-state index in [2.05, 4.69) is 20.6 Å². The summed E-state index contributed by atoms with van der Waals surface area (Å²) in [5.41, 5.74) is -0.906. The lowest BCUT2D eigenvalue weighted by Gasteiger charge is -2.15. The van der Waals surface area contributed by atoms with E-state index in [-0.39, 0.29) is 11.6 Å². The van der Waals surface area contributed by atoms with Crippen LogP contribution in [0, 0.1) is 18.3 Å². The SMILES string of the molecule is Cc1cc(F)nc(NC(=N)Nc2ccccc2C(F)(F)F)n1. The average molecular weight is 313 g/mol. The molecule has 0 aliphatic heterocycles. The lowest BCUT2D eigenvalue weighted by molar-refractivity contribution is -0.136. The van der Waals surface area contributed by atoms with Crippen LogP contribution in [0.15, 0.2) is 30.3 Å². The van der Waals surface area contributed by atoms with Crippen LogP contribution in [0.5, 0.6) is 0 Å². The van der Waals surface area contributed by atoms with E-state index < -0.39 is 23.6 Å². The number of nitrogens with one attached hydrogen (secondary N) is 3. The van der Waals surface area contributed by atoms with Crippen molar-refractivity contribution in [2.75, 3.05) is 10.6 Å². The van der Waals surface area contributed by atoms with Crippen molar-refractivity contribution in [1.82, 2.24) is 9.97 Å². The fourth-order valence-corrected chi connectivity index (χ4v) is 1.70. The second-order valence-corrected chi connectivity index (χ2v) is 4.32. The van der Waals surface area contributed by atoms with E-state index in [9.17, 15) is 17.6 Å². The molecule has 0 aliphatic rings. The molecule has 0 aliphatic carbocycles. The topological polar surface area (TPSA) is 73.7 Å². The molecule has 0 radical (unpaired) electrons. The van der Waals surface area contributed by atoms with Crippen molar-refractivity contribution in [2.24, 2.45) is 0 Å². The first-order chi connectivity index (χ1) is 10.3. The standard InChI is InChI=1S/C13H11F4N5/c1-7-6-10(14)21-12(19-7)22-11(18)20-9-5-3-2-4-8(9)13(15,16)17/h2-6H,1H3,(H3,18,19,20,21,22). The molecule has 0 saturated carbocycles. The van der Waals surface area contributed by atoms with Gasteiger partial charge in [0.15, 0.2) is 5.96 Å². The van der Waals surface area contributed by atoms with Crippen molar-refractivity contribution in [3.8, 4) is 0 Å². The normalized spacial score (nSPS) is 11.1. The molecule has 5 nitrogen and oxygen atoms in total. The summed E-state index contributed by atoms with van der Waals surface area (Å²) in [6, 6.07) is 5.79. The highest BCUT2D eigenvalue weighted by Crippen LogP contribution is 2.34. The summed E-state index contributed by atoms with van der Waals surface area (Å²) in [7, 11) is 0. The Labute approximate surface area is 122 Å². The maximum atomic E-state index is 13.1. The number of benzene rings is 1. The van der Waals surface area contributed by atoms with Crippen molar-refractivity contribution < 1.29 is 17.6 Å². The van der Waals surface area contributed by atoms with E-state index in [1.165, 1.54) is 25.1 Å². The number of para-hydroxylation sites is 1. The highest BCUT2D eigenvalue weighted by atomic mass is 19.4. The zero-order chi connectivity index (χ0) is 16.3. The van der Waals surface area contributed by atoms with E-state index >= 15 is 0 Å². The molecule has 0 amide bonds. The van der Waals surface area contributed by atoms with Gasteiger partial charge < -0.3 is 5.32 Å². The number of hydrogen-bond donors (Lipinski definition) is 3. The van der Waals surface area contributed by atoms with Crippen LogP contribution in [-0.4, -0.2) is 15.9 Å². The van der Waals surface area contributed by atoms with Gasteiger partial charge in [0, 0.05) is 11.8 Å². The molecule has 0 atom stereocenters. The lowest BCUT2D eigenvalue weighted by Crippen LogP contribution is -2.24. The molecule has 116 valence electrons. The van der Waals surface area contributed by atoms with Gasteiger partial charge in [-0.3, -0.25) is 10.7 Å². The first-order valence-electron chi connectivity index (χ1n) is 6.06. The van der Waals surface area contributed by atoms with Gasteiger partial charge in [0.25, 0.3) is 0 Å². The minimum absolute atomic E-state index is 0.223. The highest BCUT2D eigenvalue weighted by Gasteiger charge is 2.33.